The second-order valence-electron chi connectivity index (χ2n) is 7.55. The zero-order chi connectivity index (χ0) is 22.3. The fourth-order valence-electron chi connectivity index (χ4n) is 2.96. The first-order valence-electron chi connectivity index (χ1n) is 9.50. The molecule has 164 valence electrons. The lowest BCUT2D eigenvalue weighted by atomic mass is 9.97. The third kappa shape index (κ3) is 3.91. The van der Waals surface area contributed by atoms with Crippen LogP contribution in [0.25, 0.3) is 0 Å². The van der Waals surface area contributed by atoms with E-state index in [4.69, 9.17) is 10.2 Å². The summed E-state index contributed by atoms with van der Waals surface area (Å²) in [5.41, 5.74) is 3.54. The number of halogens is 3. The zero-order valence-electron chi connectivity index (χ0n) is 17.4. The Kier molecular flexibility index (Phi) is 5.39. The summed E-state index contributed by atoms with van der Waals surface area (Å²) in [5, 5.41) is 18.1. The predicted octanol–water partition coefficient (Wildman–Crippen LogP) is 2.80. The van der Waals surface area contributed by atoms with E-state index in [9.17, 15) is 13.2 Å². The average Bonchev–Trinajstić information content (AvgIpc) is 3.29. The number of aryl methyl sites for hydroxylation is 2. The van der Waals surface area contributed by atoms with Crippen molar-refractivity contribution in [1.29, 1.82) is 0 Å². The summed E-state index contributed by atoms with van der Waals surface area (Å²) in [6, 6.07) is 0. The monoisotopic (exact) mass is 426 g/mol. The Hall–Kier alpha value is -2.89. The lowest BCUT2D eigenvalue weighted by Crippen LogP contribution is -2.51. The molecule has 0 aliphatic carbocycles. The minimum absolute atomic E-state index is 0.0204. The van der Waals surface area contributed by atoms with Crippen molar-refractivity contribution >= 4 is 11.6 Å². The molecule has 0 fully saturated rings. The molecule has 0 saturated carbocycles. The van der Waals surface area contributed by atoms with Crippen LogP contribution in [0.3, 0.4) is 0 Å². The van der Waals surface area contributed by atoms with E-state index in [1.54, 1.807) is 24.7 Å². The highest BCUT2D eigenvalue weighted by atomic mass is 19.4. The maximum Gasteiger partial charge on any atom is 0.417 e. The van der Waals surface area contributed by atoms with E-state index in [0.29, 0.717) is 29.6 Å². The second kappa shape index (κ2) is 7.42. The molecule has 9 nitrogen and oxygen atoms in total. The zero-order valence-corrected chi connectivity index (χ0v) is 17.4. The largest absolute Gasteiger partial charge is 0.423 e. The summed E-state index contributed by atoms with van der Waals surface area (Å²) in [5.74, 6) is 1.01. The number of nitrogens with zero attached hydrogens (tertiary/aromatic N) is 5. The van der Waals surface area contributed by atoms with Gasteiger partial charge in [-0.15, -0.1) is 10.2 Å². The number of hydrogen-bond acceptors (Lipinski definition) is 8. The molecule has 30 heavy (non-hydrogen) atoms. The van der Waals surface area contributed by atoms with Gasteiger partial charge in [-0.3, -0.25) is 4.68 Å². The van der Waals surface area contributed by atoms with Crippen molar-refractivity contribution in [3.8, 4) is 0 Å². The molecule has 1 unspecified atom stereocenters. The van der Waals surface area contributed by atoms with Crippen LogP contribution in [0.1, 0.15) is 51.6 Å². The Morgan fingerprint density at radius 3 is 2.53 bits per heavy atom. The van der Waals surface area contributed by atoms with Crippen molar-refractivity contribution in [2.24, 2.45) is 10.7 Å². The maximum absolute atomic E-state index is 13.3. The lowest BCUT2D eigenvalue weighted by Gasteiger charge is -2.32. The highest BCUT2D eigenvalue weighted by Crippen LogP contribution is 2.36. The number of aliphatic imine (C=N–C) groups is 1. The van der Waals surface area contributed by atoms with E-state index in [2.05, 4.69) is 30.9 Å². The molecule has 12 heteroatoms. The molecule has 0 amide bonds. The van der Waals surface area contributed by atoms with Gasteiger partial charge in [0.2, 0.25) is 17.7 Å². The predicted molar refractivity (Wildman–Crippen MR) is 105 cm³/mol. The summed E-state index contributed by atoms with van der Waals surface area (Å²) in [4.78, 5) is 4.07. The highest BCUT2D eigenvalue weighted by Gasteiger charge is 2.47. The van der Waals surface area contributed by atoms with Crippen LogP contribution in [0.2, 0.25) is 0 Å². The van der Waals surface area contributed by atoms with E-state index < -0.39 is 23.0 Å². The van der Waals surface area contributed by atoms with Crippen LogP contribution in [0.15, 0.2) is 27.4 Å². The van der Waals surface area contributed by atoms with E-state index >= 15 is 0 Å². The molecule has 3 heterocycles. The third-order valence-electron chi connectivity index (χ3n) is 4.99. The minimum atomic E-state index is -4.58. The molecule has 4 N–H and O–H groups in total. The number of nitrogens with two attached hydrogens (primary N) is 1. The Morgan fingerprint density at radius 1 is 1.27 bits per heavy atom. The molecule has 1 aliphatic heterocycles. The number of aromatic nitrogens is 4. The first-order chi connectivity index (χ1) is 13.9. The van der Waals surface area contributed by atoms with Crippen molar-refractivity contribution in [1.82, 2.24) is 25.3 Å². The van der Waals surface area contributed by atoms with Gasteiger partial charge in [-0.25, -0.2) is 4.99 Å². The molecule has 2 aromatic heterocycles. The molecular formula is C18H25F3N8O. The van der Waals surface area contributed by atoms with Crippen LogP contribution < -0.4 is 16.4 Å². The molecule has 0 aromatic carbocycles. The summed E-state index contributed by atoms with van der Waals surface area (Å²) in [7, 11) is 0. The Bertz CT molecular complexity index is 988. The van der Waals surface area contributed by atoms with E-state index in [-0.39, 0.29) is 12.4 Å². The normalized spacial score (nSPS) is 19.9. The highest BCUT2D eigenvalue weighted by molar-refractivity contribution is 5.95. The average molecular weight is 426 g/mol. The molecule has 0 radical (unpaired) electrons. The van der Waals surface area contributed by atoms with Gasteiger partial charge in [0.25, 0.3) is 0 Å². The summed E-state index contributed by atoms with van der Waals surface area (Å²) in [6.07, 6.45) is -1.45. The summed E-state index contributed by atoms with van der Waals surface area (Å²) in [6.45, 7) is 8.96. The van der Waals surface area contributed by atoms with Crippen LogP contribution in [0.5, 0.6) is 0 Å². The van der Waals surface area contributed by atoms with E-state index in [0.717, 1.165) is 6.20 Å². The van der Waals surface area contributed by atoms with Crippen LogP contribution in [-0.4, -0.2) is 37.8 Å². The molecule has 1 atom stereocenters. The van der Waals surface area contributed by atoms with Crippen molar-refractivity contribution in [2.45, 2.75) is 64.8 Å². The smallest absolute Gasteiger partial charge is 0.417 e. The van der Waals surface area contributed by atoms with Gasteiger partial charge in [-0.1, -0.05) is 13.8 Å². The maximum atomic E-state index is 13.3. The van der Waals surface area contributed by atoms with Crippen LogP contribution >= 0.6 is 0 Å². The molecule has 3 rings (SSSR count). The first-order valence-corrected chi connectivity index (χ1v) is 9.50. The van der Waals surface area contributed by atoms with E-state index in [1.807, 2.05) is 20.8 Å². The Balaban J connectivity index is 1.86. The van der Waals surface area contributed by atoms with E-state index in [1.165, 1.54) is 0 Å². The second-order valence-corrected chi connectivity index (χ2v) is 7.55. The van der Waals surface area contributed by atoms with Crippen molar-refractivity contribution < 1.29 is 17.6 Å². The molecular weight excluding hydrogens is 401 g/mol. The number of nitrogens with one attached hydrogen (secondary N) is 2. The molecule has 0 spiro atoms. The van der Waals surface area contributed by atoms with Gasteiger partial charge in [0.1, 0.15) is 11.2 Å². The topological polar surface area (TPSA) is 119 Å². The molecule has 1 aliphatic rings. The first kappa shape index (κ1) is 21.8. The Morgan fingerprint density at radius 2 is 1.97 bits per heavy atom. The van der Waals surface area contributed by atoms with Crippen LogP contribution in [0.4, 0.5) is 18.9 Å². The fourth-order valence-corrected chi connectivity index (χ4v) is 2.96. The number of guanidine groups is 1. The van der Waals surface area contributed by atoms with Gasteiger partial charge in [-0.05, 0) is 27.2 Å². The fraction of sp³-hybridized carbons (Fsp3) is 0.556. The van der Waals surface area contributed by atoms with Gasteiger partial charge in [-0.2, -0.15) is 18.3 Å². The van der Waals surface area contributed by atoms with Gasteiger partial charge in [0, 0.05) is 12.6 Å². The molecule has 2 aromatic rings. The molecule has 0 saturated heterocycles. The molecule has 0 bridgehead atoms. The number of hydrogen-bond donors (Lipinski definition) is 3. The van der Waals surface area contributed by atoms with Crippen molar-refractivity contribution in [3.05, 3.63) is 35.4 Å². The van der Waals surface area contributed by atoms with Gasteiger partial charge >= 0.3 is 6.18 Å². The Labute approximate surface area is 171 Å². The minimum Gasteiger partial charge on any atom is -0.423 e. The standard InChI is InChI=1S/C18H25F3N8O/c1-6-13-26-27-14(30-13)16(4,5)29-9-11(10(3)28-29)24-15-23-8-12(18(19,20)21)17(22,7-2)25-15/h8-9H,6-7,22H2,1-5H3,(H2,23,24,25). The van der Waals surface area contributed by atoms with Crippen LogP contribution in [0, 0.1) is 6.92 Å². The van der Waals surface area contributed by atoms with Gasteiger partial charge in [0.15, 0.2) is 0 Å². The summed E-state index contributed by atoms with van der Waals surface area (Å²) < 4.78 is 47.1. The number of rotatable bonds is 5. The summed E-state index contributed by atoms with van der Waals surface area (Å²) >= 11 is 0. The lowest BCUT2D eigenvalue weighted by molar-refractivity contribution is -0.101. The van der Waals surface area contributed by atoms with Crippen molar-refractivity contribution in [3.63, 3.8) is 0 Å². The van der Waals surface area contributed by atoms with Crippen LogP contribution in [-0.2, 0) is 12.0 Å². The van der Waals surface area contributed by atoms with Gasteiger partial charge < -0.3 is 20.8 Å². The SMILES string of the molecule is CCc1nnc(C(C)(C)n2cc(NC3=NC(N)(CC)C(C(F)(F)F)=CN3)c(C)n2)o1. The van der Waals surface area contributed by atoms with Crippen molar-refractivity contribution in [2.75, 3.05) is 5.32 Å². The third-order valence-corrected chi connectivity index (χ3v) is 4.99. The number of anilines is 1. The van der Waals surface area contributed by atoms with Gasteiger partial charge in [0.05, 0.1) is 23.2 Å². The quantitative estimate of drug-likeness (QED) is 0.673. The number of alkyl halides is 3.